The van der Waals surface area contributed by atoms with Gasteiger partial charge in [-0.3, -0.25) is 9.48 Å². The number of hydrogen-bond acceptors (Lipinski definition) is 3. The molecule has 0 bridgehead atoms. The Morgan fingerprint density at radius 1 is 1.50 bits per heavy atom. The van der Waals surface area contributed by atoms with Gasteiger partial charge in [0.15, 0.2) is 0 Å². The lowest BCUT2D eigenvalue weighted by Gasteiger charge is -2.27. The van der Waals surface area contributed by atoms with Crippen LogP contribution in [0.15, 0.2) is 12.3 Å². The van der Waals surface area contributed by atoms with Crippen LogP contribution in [0.4, 0.5) is 0 Å². The zero-order chi connectivity index (χ0) is 13.1. The van der Waals surface area contributed by atoms with E-state index < -0.39 is 0 Å². The minimum absolute atomic E-state index is 0.0444. The summed E-state index contributed by atoms with van der Waals surface area (Å²) in [4.78, 5) is 12.2. The van der Waals surface area contributed by atoms with Crippen molar-refractivity contribution in [2.75, 3.05) is 0 Å². The van der Waals surface area contributed by atoms with Crippen LogP contribution in [0.2, 0.25) is 0 Å². The summed E-state index contributed by atoms with van der Waals surface area (Å²) >= 11 is 0. The van der Waals surface area contributed by atoms with Crippen molar-refractivity contribution in [2.45, 2.75) is 58.0 Å². The molecule has 0 spiro atoms. The van der Waals surface area contributed by atoms with Gasteiger partial charge in [-0.1, -0.05) is 12.8 Å². The van der Waals surface area contributed by atoms with Crippen LogP contribution >= 0.6 is 0 Å². The van der Waals surface area contributed by atoms with Crippen molar-refractivity contribution in [3.05, 3.63) is 18.0 Å². The molecule has 1 aliphatic rings. The largest absolute Gasteiger partial charge is 0.327 e. The van der Waals surface area contributed by atoms with E-state index in [4.69, 9.17) is 5.73 Å². The molecule has 4 nitrogen and oxygen atoms in total. The highest BCUT2D eigenvalue weighted by Crippen LogP contribution is 2.24. The highest BCUT2D eigenvalue weighted by atomic mass is 16.1. The fraction of sp³-hybridized carbons (Fsp3) is 0.714. The number of hydrogen-bond donors (Lipinski definition) is 1. The summed E-state index contributed by atoms with van der Waals surface area (Å²) in [6, 6.07) is 2.33. The lowest BCUT2D eigenvalue weighted by atomic mass is 9.81. The Hall–Kier alpha value is -1.16. The van der Waals surface area contributed by atoms with Gasteiger partial charge >= 0.3 is 0 Å². The molecule has 2 atom stereocenters. The van der Waals surface area contributed by atoms with E-state index in [-0.39, 0.29) is 17.7 Å². The molecule has 0 saturated heterocycles. The topological polar surface area (TPSA) is 60.9 Å². The fourth-order valence-corrected chi connectivity index (χ4v) is 2.63. The van der Waals surface area contributed by atoms with E-state index in [9.17, 15) is 4.79 Å². The first-order chi connectivity index (χ1) is 8.58. The lowest BCUT2D eigenvalue weighted by molar-refractivity contribution is -0.123. The summed E-state index contributed by atoms with van der Waals surface area (Å²) in [5.41, 5.74) is 6.91. The monoisotopic (exact) mass is 249 g/mol. The Balaban J connectivity index is 1.97. The van der Waals surface area contributed by atoms with Crippen molar-refractivity contribution in [3.8, 4) is 0 Å². The summed E-state index contributed by atoms with van der Waals surface area (Å²) in [6.07, 6.45) is 6.59. The van der Waals surface area contributed by atoms with Gasteiger partial charge in [0.05, 0.1) is 12.1 Å². The van der Waals surface area contributed by atoms with Crippen LogP contribution in [0.25, 0.3) is 0 Å². The number of carbonyl (C=O) groups excluding carboxylic acids is 1. The molecule has 2 rings (SSSR count). The van der Waals surface area contributed by atoms with Crippen molar-refractivity contribution >= 4 is 5.78 Å². The Labute approximate surface area is 109 Å². The summed E-state index contributed by atoms with van der Waals surface area (Å²) in [7, 11) is 0. The third-order valence-corrected chi connectivity index (χ3v) is 3.78. The second-order valence-electron chi connectivity index (χ2n) is 5.58. The van der Waals surface area contributed by atoms with Gasteiger partial charge in [0.2, 0.25) is 0 Å². The predicted octanol–water partition coefficient (Wildman–Crippen LogP) is 2.09. The smallest absolute Gasteiger partial charge is 0.143 e. The molecular weight excluding hydrogens is 226 g/mol. The van der Waals surface area contributed by atoms with Gasteiger partial charge in [-0.25, -0.2) is 0 Å². The van der Waals surface area contributed by atoms with E-state index >= 15 is 0 Å². The highest BCUT2D eigenvalue weighted by Gasteiger charge is 2.28. The summed E-state index contributed by atoms with van der Waals surface area (Å²) in [5, 5.41) is 4.42. The molecule has 1 aromatic rings. The molecule has 100 valence electrons. The number of nitrogens with two attached hydrogens (primary N) is 1. The molecule has 1 heterocycles. The fourth-order valence-electron chi connectivity index (χ4n) is 2.63. The van der Waals surface area contributed by atoms with Crippen molar-refractivity contribution in [3.63, 3.8) is 0 Å². The molecule has 0 aliphatic heterocycles. The van der Waals surface area contributed by atoms with Crippen molar-refractivity contribution in [1.29, 1.82) is 0 Å². The summed E-state index contributed by atoms with van der Waals surface area (Å²) < 4.78 is 1.89. The van der Waals surface area contributed by atoms with E-state index in [1.165, 1.54) is 0 Å². The molecule has 2 N–H and O–H groups in total. The Bertz CT molecular complexity index is 411. The summed E-state index contributed by atoms with van der Waals surface area (Å²) in [6.45, 7) is 4.16. The lowest BCUT2D eigenvalue weighted by Crippen LogP contribution is -2.38. The zero-order valence-electron chi connectivity index (χ0n) is 11.3. The van der Waals surface area contributed by atoms with Crippen LogP contribution in [0, 0.1) is 5.92 Å². The van der Waals surface area contributed by atoms with E-state index in [1.807, 2.05) is 16.9 Å². The Kier molecular flexibility index (Phi) is 4.17. The maximum Gasteiger partial charge on any atom is 0.143 e. The first kappa shape index (κ1) is 13.3. The molecule has 4 heteroatoms. The standard InChI is InChI=1S/C14H23N3O/c1-10(2)17-8-7-11(16-17)9-14(18)12-5-3-4-6-13(12)15/h7-8,10,12-13H,3-6,9,15H2,1-2H3. The highest BCUT2D eigenvalue weighted by molar-refractivity contribution is 5.83. The Morgan fingerprint density at radius 2 is 2.22 bits per heavy atom. The summed E-state index contributed by atoms with van der Waals surface area (Å²) in [5.74, 6) is 0.305. The molecule has 1 aliphatic carbocycles. The molecule has 0 amide bonds. The second kappa shape index (κ2) is 5.65. The predicted molar refractivity (Wildman–Crippen MR) is 71.3 cm³/mol. The van der Waals surface area contributed by atoms with Gasteiger partial charge in [-0.05, 0) is 32.8 Å². The zero-order valence-corrected chi connectivity index (χ0v) is 11.3. The van der Waals surface area contributed by atoms with E-state index in [1.54, 1.807) is 0 Å². The van der Waals surface area contributed by atoms with Crippen molar-refractivity contribution < 1.29 is 4.79 Å². The maximum absolute atomic E-state index is 12.2. The quantitative estimate of drug-likeness (QED) is 0.888. The van der Waals surface area contributed by atoms with Gasteiger partial charge in [0.25, 0.3) is 0 Å². The maximum atomic E-state index is 12.2. The molecule has 1 fully saturated rings. The number of Topliss-reactive ketones (excluding diaryl/α,β-unsaturated/α-hetero) is 1. The normalized spacial score (nSPS) is 24.4. The van der Waals surface area contributed by atoms with Crippen LogP contribution in [0.5, 0.6) is 0 Å². The van der Waals surface area contributed by atoms with Gasteiger partial charge in [0, 0.05) is 24.2 Å². The molecule has 1 saturated carbocycles. The van der Waals surface area contributed by atoms with E-state index in [2.05, 4.69) is 18.9 Å². The minimum Gasteiger partial charge on any atom is -0.327 e. The van der Waals surface area contributed by atoms with Crippen LogP contribution in [-0.4, -0.2) is 21.6 Å². The second-order valence-corrected chi connectivity index (χ2v) is 5.58. The van der Waals surface area contributed by atoms with E-state index in [0.29, 0.717) is 12.5 Å². The number of carbonyl (C=O) groups is 1. The first-order valence-corrected chi connectivity index (χ1v) is 6.90. The van der Waals surface area contributed by atoms with Crippen LogP contribution in [-0.2, 0) is 11.2 Å². The van der Waals surface area contributed by atoms with E-state index in [0.717, 1.165) is 31.4 Å². The number of aromatic nitrogens is 2. The molecule has 2 unspecified atom stereocenters. The number of rotatable bonds is 4. The van der Waals surface area contributed by atoms with Gasteiger partial charge in [-0.15, -0.1) is 0 Å². The average Bonchev–Trinajstić information content (AvgIpc) is 2.78. The average molecular weight is 249 g/mol. The van der Waals surface area contributed by atoms with Crippen LogP contribution in [0.1, 0.15) is 51.3 Å². The SMILES string of the molecule is CC(C)n1ccc(CC(=O)C2CCCCC2N)n1. The number of nitrogens with zero attached hydrogens (tertiary/aromatic N) is 2. The third kappa shape index (κ3) is 2.99. The molecule has 18 heavy (non-hydrogen) atoms. The van der Waals surface area contributed by atoms with Crippen molar-refractivity contribution in [2.24, 2.45) is 11.7 Å². The van der Waals surface area contributed by atoms with Crippen LogP contribution in [0.3, 0.4) is 0 Å². The minimum atomic E-state index is 0.0444. The molecule has 1 aromatic heterocycles. The van der Waals surface area contributed by atoms with Crippen molar-refractivity contribution in [1.82, 2.24) is 9.78 Å². The number of ketones is 1. The first-order valence-electron chi connectivity index (χ1n) is 6.90. The molecule has 0 aromatic carbocycles. The van der Waals surface area contributed by atoms with Gasteiger partial charge in [0.1, 0.15) is 5.78 Å². The van der Waals surface area contributed by atoms with Crippen LogP contribution < -0.4 is 5.73 Å². The molecule has 0 radical (unpaired) electrons. The molecular formula is C14H23N3O. The Morgan fingerprint density at radius 3 is 2.83 bits per heavy atom. The van der Waals surface area contributed by atoms with Gasteiger partial charge < -0.3 is 5.73 Å². The van der Waals surface area contributed by atoms with Gasteiger partial charge in [-0.2, -0.15) is 5.10 Å². The third-order valence-electron chi connectivity index (χ3n) is 3.78.